The van der Waals surface area contributed by atoms with Crippen molar-refractivity contribution in [1.29, 1.82) is 0 Å². The molecule has 5 heteroatoms. The molecular formula is C21H29N3O2. The molecule has 3 aliphatic heterocycles. The Bertz CT molecular complexity index is 671. The van der Waals surface area contributed by atoms with Crippen LogP contribution in [0.1, 0.15) is 42.5 Å². The molecule has 0 bridgehead atoms. The second-order valence-corrected chi connectivity index (χ2v) is 8.10. The van der Waals surface area contributed by atoms with Crippen LogP contribution in [-0.2, 0) is 4.79 Å². The monoisotopic (exact) mass is 355 g/mol. The molecule has 0 saturated carbocycles. The van der Waals surface area contributed by atoms with Gasteiger partial charge in [-0.05, 0) is 57.8 Å². The molecule has 0 aromatic heterocycles. The van der Waals surface area contributed by atoms with Gasteiger partial charge in [-0.1, -0.05) is 18.2 Å². The summed E-state index contributed by atoms with van der Waals surface area (Å²) >= 11 is 0. The van der Waals surface area contributed by atoms with Crippen LogP contribution in [0.2, 0.25) is 0 Å². The summed E-state index contributed by atoms with van der Waals surface area (Å²) in [5.41, 5.74) is 0.443. The number of hydrogen-bond acceptors (Lipinski definition) is 3. The average molecular weight is 355 g/mol. The molecule has 3 heterocycles. The highest BCUT2D eigenvalue weighted by Crippen LogP contribution is 2.45. The summed E-state index contributed by atoms with van der Waals surface area (Å²) in [6.07, 6.45) is 4.85. The van der Waals surface area contributed by atoms with Gasteiger partial charge in [-0.3, -0.25) is 9.59 Å². The Morgan fingerprint density at radius 3 is 2.35 bits per heavy atom. The molecule has 0 unspecified atom stereocenters. The first kappa shape index (κ1) is 17.5. The molecule has 2 amide bonds. The van der Waals surface area contributed by atoms with E-state index in [1.807, 2.05) is 35.2 Å². The van der Waals surface area contributed by atoms with E-state index in [2.05, 4.69) is 16.8 Å². The first-order chi connectivity index (χ1) is 12.6. The summed E-state index contributed by atoms with van der Waals surface area (Å²) in [4.78, 5) is 32.7. The minimum atomic E-state index is -0.301. The van der Waals surface area contributed by atoms with Crippen LogP contribution in [0.5, 0.6) is 0 Å². The third-order valence-corrected chi connectivity index (χ3v) is 6.71. The number of nitrogens with zero attached hydrogens (tertiary/aromatic N) is 3. The second-order valence-electron chi connectivity index (χ2n) is 8.10. The Balaban J connectivity index is 1.56. The summed E-state index contributed by atoms with van der Waals surface area (Å²) in [7, 11) is 2.14. The van der Waals surface area contributed by atoms with Crippen molar-refractivity contribution < 1.29 is 9.59 Å². The fourth-order valence-electron chi connectivity index (χ4n) is 5.19. The summed E-state index contributed by atoms with van der Waals surface area (Å²) in [5.74, 6) is 0.440. The van der Waals surface area contributed by atoms with E-state index in [1.54, 1.807) is 0 Å². The van der Waals surface area contributed by atoms with Crippen LogP contribution < -0.4 is 0 Å². The normalized spacial score (nSPS) is 29.5. The van der Waals surface area contributed by atoms with E-state index in [-0.39, 0.29) is 17.4 Å². The van der Waals surface area contributed by atoms with Crippen LogP contribution in [0, 0.1) is 5.41 Å². The fraction of sp³-hybridized carbons (Fsp3) is 0.619. The molecule has 140 valence electrons. The second kappa shape index (κ2) is 7.03. The minimum Gasteiger partial charge on any atom is -0.342 e. The van der Waals surface area contributed by atoms with Crippen molar-refractivity contribution in [3.8, 4) is 0 Å². The molecule has 4 rings (SSSR count). The summed E-state index contributed by atoms with van der Waals surface area (Å²) in [5, 5.41) is 0. The van der Waals surface area contributed by atoms with Gasteiger partial charge >= 0.3 is 0 Å². The maximum atomic E-state index is 13.4. The van der Waals surface area contributed by atoms with Crippen molar-refractivity contribution in [2.75, 3.05) is 39.8 Å². The topological polar surface area (TPSA) is 43.9 Å². The van der Waals surface area contributed by atoms with Crippen LogP contribution >= 0.6 is 0 Å². The SMILES string of the molecule is CN1CC[C@]2(C(=O)N3CCCC3)CCN(C(=O)c3ccccc3)CC[C@H]12. The number of fused-ring (bicyclic) bond motifs is 1. The number of amides is 2. The summed E-state index contributed by atoms with van der Waals surface area (Å²) in [6.45, 7) is 4.21. The Labute approximate surface area is 155 Å². The zero-order valence-electron chi connectivity index (χ0n) is 15.7. The molecule has 2 atom stereocenters. The Morgan fingerprint density at radius 1 is 0.923 bits per heavy atom. The van der Waals surface area contributed by atoms with E-state index >= 15 is 0 Å². The van der Waals surface area contributed by atoms with Gasteiger partial charge in [0.15, 0.2) is 0 Å². The highest BCUT2D eigenvalue weighted by Gasteiger charge is 2.54. The molecule has 3 fully saturated rings. The molecule has 0 spiro atoms. The van der Waals surface area contributed by atoms with Gasteiger partial charge in [0.05, 0.1) is 5.41 Å². The molecular weight excluding hydrogens is 326 g/mol. The van der Waals surface area contributed by atoms with Gasteiger partial charge in [0.2, 0.25) is 5.91 Å². The average Bonchev–Trinajstić information content (AvgIpc) is 3.26. The van der Waals surface area contributed by atoms with Crippen molar-refractivity contribution in [3.63, 3.8) is 0 Å². The first-order valence-corrected chi connectivity index (χ1v) is 9.96. The van der Waals surface area contributed by atoms with Gasteiger partial charge in [-0.15, -0.1) is 0 Å². The number of rotatable bonds is 2. The molecule has 0 radical (unpaired) electrons. The number of benzene rings is 1. The molecule has 3 aliphatic rings. The van der Waals surface area contributed by atoms with Crippen LogP contribution in [0.15, 0.2) is 30.3 Å². The highest BCUT2D eigenvalue weighted by atomic mass is 16.2. The molecule has 1 aromatic rings. The molecule has 26 heavy (non-hydrogen) atoms. The van der Waals surface area contributed by atoms with Gasteiger partial charge in [0, 0.05) is 37.8 Å². The van der Waals surface area contributed by atoms with E-state index in [0.29, 0.717) is 12.5 Å². The highest BCUT2D eigenvalue weighted by molar-refractivity contribution is 5.94. The maximum absolute atomic E-state index is 13.4. The van der Waals surface area contributed by atoms with Gasteiger partial charge in [0.1, 0.15) is 0 Å². The standard InChI is InChI=1S/C21H29N3O2/c1-22-15-10-21(20(26)24-12-5-6-13-24)11-16-23(14-9-18(21)22)19(25)17-7-3-2-4-8-17/h2-4,7-8,18H,5-6,9-16H2,1H3/t18-,21-/m0/s1. The lowest BCUT2D eigenvalue weighted by Gasteiger charge is -2.37. The summed E-state index contributed by atoms with van der Waals surface area (Å²) < 4.78 is 0. The quantitative estimate of drug-likeness (QED) is 0.817. The maximum Gasteiger partial charge on any atom is 0.253 e. The lowest BCUT2D eigenvalue weighted by atomic mass is 9.75. The van der Waals surface area contributed by atoms with Crippen LogP contribution in [-0.4, -0.2) is 72.3 Å². The third-order valence-electron chi connectivity index (χ3n) is 6.71. The van der Waals surface area contributed by atoms with Crippen molar-refractivity contribution in [2.45, 2.75) is 38.1 Å². The fourth-order valence-corrected chi connectivity index (χ4v) is 5.19. The predicted molar refractivity (Wildman–Crippen MR) is 101 cm³/mol. The van der Waals surface area contributed by atoms with Crippen LogP contribution in [0.25, 0.3) is 0 Å². The van der Waals surface area contributed by atoms with E-state index in [0.717, 1.165) is 63.8 Å². The van der Waals surface area contributed by atoms with Crippen molar-refractivity contribution in [1.82, 2.24) is 14.7 Å². The first-order valence-electron chi connectivity index (χ1n) is 9.96. The molecule has 0 aliphatic carbocycles. The van der Waals surface area contributed by atoms with Crippen molar-refractivity contribution >= 4 is 11.8 Å². The minimum absolute atomic E-state index is 0.0944. The van der Waals surface area contributed by atoms with E-state index < -0.39 is 0 Å². The number of carbonyl (C=O) groups excluding carboxylic acids is 2. The lowest BCUT2D eigenvalue weighted by molar-refractivity contribution is -0.142. The largest absolute Gasteiger partial charge is 0.342 e. The predicted octanol–water partition coefficient (Wildman–Crippen LogP) is 2.24. The zero-order chi connectivity index (χ0) is 18.1. The molecule has 5 nitrogen and oxygen atoms in total. The Morgan fingerprint density at radius 2 is 1.62 bits per heavy atom. The number of carbonyl (C=O) groups is 2. The number of hydrogen-bond donors (Lipinski definition) is 0. The van der Waals surface area contributed by atoms with Crippen LogP contribution in [0.3, 0.4) is 0 Å². The molecule has 3 saturated heterocycles. The van der Waals surface area contributed by atoms with Gasteiger partial charge in [-0.25, -0.2) is 0 Å². The van der Waals surface area contributed by atoms with Crippen molar-refractivity contribution in [3.05, 3.63) is 35.9 Å². The number of likely N-dealkylation sites (tertiary alicyclic amines) is 3. The zero-order valence-corrected chi connectivity index (χ0v) is 15.7. The van der Waals surface area contributed by atoms with Gasteiger partial charge in [-0.2, -0.15) is 0 Å². The lowest BCUT2D eigenvalue weighted by Crippen LogP contribution is -2.49. The van der Waals surface area contributed by atoms with Crippen LogP contribution in [0.4, 0.5) is 0 Å². The Hall–Kier alpha value is -1.88. The van der Waals surface area contributed by atoms with E-state index in [4.69, 9.17) is 0 Å². The van der Waals surface area contributed by atoms with Gasteiger partial charge in [0.25, 0.3) is 5.91 Å². The summed E-state index contributed by atoms with van der Waals surface area (Å²) in [6, 6.07) is 9.76. The van der Waals surface area contributed by atoms with E-state index in [1.165, 1.54) is 0 Å². The molecule has 1 aromatic carbocycles. The molecule has 0 N–H and O–H groups in total. The van der Waals surface area contributed by atoms with E-state index in [9.17, 15) is 9.59 Å². The van der Waals surface area contributed by atoms with Gasteiger partial charge < -0.3 is 14.7 Å². The third kappa shape index (κ3) is 2.92. The Kier molecular flexibility index (Phi) is 4.74. The van der Waals surface area contributed by atoms with Crippen molar-refractivity contribution in [2.24, 2.45) is 5.41 Å². The smallest absolute Gasteiger partial charge is 0.253 e.